The van der Waals surface area contributed by atoms with Crippen LogP contribution in [0, 0.1) is 0 Å². The molecule has 2 aromatic rings. The molecular formula is C27H40N2O6. The Morgan fingerprint density at radius 2 is 1.17 bits per heavy atom. The monoisotopic (exact) mass is 488 g/mol. The maximum Gasteiger partial charge on any atom is 0.302 e. The molecule has 0 radical (unpaired) electrons. The van der Waals surface area contributed by atoms with Crippen molar-refractivity contribution in [2.75, 3.05) is 6.54 Å². The third-order valence-corrected chi connectivity index (χ3v) is 3.39. The molecule has 8 nitrogen and oxygen atoms in total. The van der Waals surface area contributed by atoms with Gasteiger partial charge in [-0.1, -0.05) is 60.7 Å². The summed E-state index contributed by atoms with van der Waals surface area (Å²) in [6.45, 7) is 9.42. The second kappa shape index (κ2) is 25.1. The van der Waals surface area contributed by atoms with Gasteiger partial charge in [0, 0.05) is 6.92 Å². The van der Waals surface area contributed by atoms with Gasteiger partial charge in [-0.15, -0.1) is 0 Å². The van der Waals surface area contributed by atoms with Crippen LogP contribution in [-0.2, 0) is 41.7 Å². The molecule has 0 bridgehead atoms. The summed E-state index contributed by atoms with van der Waals surface area (Å²) in [6, 6.07) is 19.0. The molecule has 2 aromatic carbocycles. The Bertz CT molecular complexity index is 835. The Morgan fingerprint density at radius 1 is 0.829 bits per heavy atom. The topological polar surface area (TPSA) is 147 Å². The van der Waals surface area contributed by atoms with Crippen LogP contribution in [0.2, 0.25) is 0 Å². The molecular weight excluding hydrogens is 448 g/mol. The number of aldehydes is 1. The first-order valence-electron chi connectivity index (χ1n) is 10.9. The molecule has 0 aliphatic carbocycles. The van der Waals surface area contributed by atoms with Gasteiger partial charge >= 0.3 is 5.97 Å². The van der Waals surface area contributed by atoms with E-state index in [0.717, 1.165) is 17.4 Å². The van der Waals surface area contributed by atoms with E-state index in [1.165, 1.54) is 41.5 Å². The lowest BCUT2D eigenvalue weighted by Gasteiger charge is -2.06. The molecule has 0 aliphatic heterocycles. The van der Waals surface area contributed by atoms with Gasteiger partial charge in [0.25, 0.3) is 0 Å². The van der Waals surface area contributed by atoms with Crippen molar-refractivity contribution in [2.45, 2.75) is 60.6 Å². The first-order chi connectivity index (χ1) is 16.4. The number of nitrogens with two attached hydrogens (primary N) is 2. The molecule has 0 saturated carbocycles. The van der Waals surface area contributed by atoms with E-state index in [1.807, 2.05) is 60.7 Å². The summed E-state index contributed by atoms with van der Waals surface area (Å²) in [6.07, 6.45) is 1.39. The molecule has 0 aromatic heterocycles. The van der Waals surface area contributed by atoms with Crippen LogP contribution in [0.4, 0.5) is 0 Å². The summed E-state index contributed by atoms with van der Waals surface area (Å²) in [7, 11) is 0. The maximum atomic E-state index is 10.8. The first-order valence-corrected chi connectivity index (χ1v) is 10.9. The van der Waals surface area contributed by atoms with Crippen LogP contribution in [0.3, 0.4) is 0 Å². The molecule has 0 spiro atoms. The zero-order valence-electron chi connectivity index (χ0n) is 21.7. The molecule has 194 valence electrons. The summed E-state index contributed by atoms with van der Waals surface area (Å²) in [5, 5.41) is 0. The zero-order valence-corrected chi connectivity index (χ0v) is 21.7. The average molecular weight is 489 g/mol. The number of carbonyl (C=O) groups excluding carboxylic acids is 5. The standard InChI is InChI=1S/C10H13NO.C9H10O2.C3H7NO.C3H6O.C2H4O/c1-8(12)10(11)7-9-5-3-2-4-6-9;1-8(10)11-7-9-5-3-2-4-6-9;1-3(5)2-4;1-3(2)4;1-2-3/h2-6,10H,7,11H2,1H3;2-6H,7H2,1H3;2,4H2,1H3;1-2H3;2H,1H3. The second-order valence-electron chi connectivity index (χ2n) is 7.22. The van der Waals surface area contributed by atoms with Gasteiger partial charge in [-0.25, -0.2) is 0 Å². The minimum absolute atomic E-state index is 0.0324. The Labute approximate surface area is 209 Å². The van der Waals surface area contributed by atoms with Crippen LogP contribution in [0.15, 0.2) is 60.7 Å². The summed E-state index contributed by atoms with van der Waals surface area (Å²) in [4.78, 5) is 49.2. The van der Waals surface area contributed by atoms with Gasteiger partial charge in [0.15, 0.2) is 0 Å². The highest BCUT2D eigenvalue weighted by atomic mass is 16.5. The maximum absolute atomic E-state index is 10.8. The van der Waals surface area contributed by atoms with Crippen molar-refractivity contribution >= 4 is 29.6 Å². The van der Waals surface area contributed by atoms with Gasteiger partial charge in [0.1, 0.15) is 30.2 Å². The highest BCUT2D eigenvalue weighted by molar-refractivity contribution is 5.81. The van der Waals surface area contributed by atoms with Crippen LogP contribution < -0.4 is 11.5 Å². The largest absolute Gasteiger partial charge is 0.461 e. The quantitative estimate of drug-likeness (QED) is 0.465. The number of hydrogen-bond acceptors (Lipinski definition) is 8. The van der Waals surface area contributed by atoms with Crippen molar-refractivity contribution in [3.63, 3.8) is 0 Å². The number of rotatable bonds is 6. The molecule has 0 aliphatic rings. The predicted octanol–water partition coefficient (Wildman–Crippen LogP) is 3.23. The second-order valence-corrected chi connectivity index (χ2v) is 7.22. The van der Waals surface area contributed by atoms with E-state index < -0.39 is 0 Å². The third kappa shape index (κ3) is 32.8. The number of ketones is 3. The fraction of sp³-hybridized carbons (Fsp3) is 0.370. The molecule has 0 amide bonds. The van der Waals surface area contributed by atoms with Crippen molar-refractivity contribution in [2.24, 2.45) is 11.5 Å². The molecule has 1 atom stereocenters. The molecule has 35 heavy (non-hydrogen) atoms. The third-order valence-electron chi connectivity index (χ3n) is 3.39. The molecule has 0 heterocycles. The van der Waals surface area contributed by atoms with Gasteiger partial charge in [0.05, 0.1) is 12.6 Å². The van der Waals surface area contributed by atoms with E-state index in [1.54, 1.807) is 0 Å². The van der Waals surface area contributed by atoms with E-state index in [4.69, 9.17) is 21.0 Å². The Morgan fingerprint density at radius 3 is 1.46 bits per heavy atom. The number of esters is 1. The van der Waals surface area contributed by atoms with E-state index in [9.17, 15) is 19.2 Å². The number of ether oxygens (including phenoxy) is 1. The first kappa shape index (κ1) is 36.1. The smallest absolute Gasteiger partial charge is 0.302 e. The van der Waals surface area contributed by atoms with Crippen molar-refractivity contribution < 1.29 is 28.7 Å². The van der Waals surface area contributed by atoms with Crippen molar-refractivity contribution in [3.05, 3.63) is 71.8 Å². The van der Waals surface area contributed by atoms with Gasteiger partial charge in [-0.05, 0) is 52.2 Å². The van der Waals surface area contributed by atoms with Crippen molar-refractivity contribution in [1.82, 2.24) is 0 Å². The fourth-order valence-electron chi connectivity index (χ4n) is 1.77. The number of hydrogen-bond donors (Lipinski definition) is 2. The number of Topliss-reactive ketones (excluding diaryl/α,β-unsaturated/α-hetero) is 3. The molecule has 4 N–H and O–H groups in total. The lowest BCUT2D eigenvalue weighted by atomic mass is 10.0. The summed E-state index contributed by atoms with van der Waals surface area (Å²) >= 11 is 0. The van der Waals surface area contributed by atoms with Crippen molar-refractivity contribution in [3.8, 4) is 0 Å². The van der Waals surface area contributed by atoms with E-state index in [-0.39, 0.29) is 35.9 Å². The zero-order chi connectivity index (χ0) is 27.6. The van der Waals surface area contributed by atoms with Crippen LogP contribution in [0.1, 0.15) is 52.7 Å². The van der Waals surface area contributed by atoms with E-state index in [2.05, 4.69) is 0 Å². The molecule has 0 fully saturated rings. The van der Waals surface area contributed by atoms with Crippen LogP contribution in [0.25, 0.3) is 0 Å². The molecule has 1 unspecified atom stereocenters. The van der Waals surface area contributed by atoms with Gasteiger partial charge in [0.2, 0.25) is 0 Å². The Balaban J connectivity index is -0.000000407. The minimum atomic E-state index is -0.354. The molecule has 8 heteroatoms. The van der Waals surface area contributed by atoms with E-state index in [0.29, 0.717) is 13.0 Å². The normalized spacial score (nSPS) is 9.37. The van der Waals surface area contributed by atoms with Gasteiger partial charge < -0.3 is 25.8 Å². The van der Waals surface area contributed by atoms with Crippen LogP contribution in [0.5, 0.6) is 0 Å². The summed E-state index contributed by atoms with van der Waals surface area (Å²) in [5.74, 6) is -0.00212. The summed E-state index contributed by atoms with van der Waals surface area (Å²) in [5.41, 5.74) is 12.5. The highest BCUT2D eigenvalue weighted by Crippen LogP contribution is 2.02. The van der Waals surface area contributed by atoms with Crippen LogP contribution >= 0.6 is 0 Å². The molecule has 2 rings (SSSR count). The highest BCUT2D eigenvalue weighted by Gasteiger charge is 2.07. The van der Waals surface area contributed by atoms with Gasteiger partial charge in [-0.3, -0.25) is 14.4 Å². The number of carbonyl (C=O) groups is 5. The molecule has 0 saturated heterocycles. The van der Waals surface area contributed by atoms with Crippen molar-refractivity contribution in [1.29, 1.82) is 0 Å². The SMILES string of the molecule is CC(=O)C(N)Cc1ccccc1.CC(=O)CN.CC(=O)OCc1ccccc1.CC(C)=O.CC=O. The minimum Gasteiger partial charge on any atom is -0.461 e. The van der Waals surface area contributed by atoms with Gasteiger partial charge in [-0.2, -0.15) is 0 Å². The Kier molecular flexibility index (Phi) is 25.9. The predicted molar refractivity (Wildman–Crippen MR) is 139 cm³/mol. The fourth-order valence-corrected chi connectivity index (χ4v) is 1.77. The Hall–Kier alpha value is -3.49. The van der Waals surface area contributed by atoms with Crippen LogP contribution in [-0.4, -0.2) is 42.2 Å². The lowest BCUT2D eigenvalue weighted by molar-refractivity contribution is -0.142. The summed E-state index contributed by atoms with van der Waals surface area (Å²) < 4.78 is 4.79. The average Bonchev–Trinajstić information content (AvgIpc) is 2.80. The van der Waals surface area contributed by atoms with E-state index >= 15 is 0 Å². The lowest BCUT2D eigenvalue weighted by Crippen LogP contribution is -2.30. The number of benzene rings is 2.